The minimum Gasteiger partial charge on any atom is -0.456 e. The fourth-order valence-corrected chi connectivity index (χ4v) is 9.84. The van der Waals surface area contributed by atoms with Gasteiger partial charge in [0.05, 0.1) is 16.8 Å². The molecule has 0 unspecified atom stereocenters. The topological polar surface area (TPSA) is 25.6 Å². The highest BCUT2D eigenvalue weighted by Crippen LogP contribution is 2.55. The molecule has 9 aromatic carbocycles. The lowest BCUT2D eigenvalue weighted by atomic mass is 9.81. The number of hydrogen-bond acceptors (Lipinski definition) is 3. The number of benzene rings is 9. The molecule has 0 N–H and O–H groups in total. The van der Waals surface area contributed by atoms with Crippen molar-refractivity contribution in [2.45, 2.75) is 19.3 Å². The van der Waals surface area contributed by atoms with Crippen LogP contribution in [0.3, 0.4) is 0 Å². The van der Waals surface area contributed by atoms with Crippen molar-refractivity contribution in [1.82, 2.24) is 0 Å². The lowest BCUT2D eigenvalue weighted by Crippen LogP contribution is -2.20. The summed E-state index contributed by atoms with van der Waals surface area (Å²) in [5.41, 5.74) is 17.1. The van der Waals surface area contributed by atoms with Crippen molar-refractivity contribution in [2.24, 2.45) is 0 Å². The van der Waals surface area contributed by atoms with E-state index in [9.17, 15) is 0 Å². The van der Waals surface area contributed by atoms with Gasteiger partial charge in [-0.1, -0.05) is 147 Å². The van der Waals surface area contributed by atoms with E-state index in [1.54, 1.807) is 0 Å². The zero-order chi connectivity index (χ0) is 38.5. The van der Waals surface area contributed by atoms with Crippen molar-refractivity contribution < 1.29 is 9.15 Å². The normalized spacial score (nSPS) is 13.3. The minimum absolute atomic E-state index is 0.208. The summed E-state index contributed by atoms with van der Waals surface area (Å²) in [5, 5.41) is 4.53. The number of anilines is 3. The SMILES string of the molecule is CC1(C)c2ccccc2-c2cccc(N(c3ccc(-c4ccc5c6c(cccc46)-c4ccc(-c6ccccc6)cc4O5)cc3)c3cccc4oc5ccccc5c34)c21. The number of nitrogens with zero attached hydrogens (tertiary/aromatic N) is 1. The van der Waals surface area contributed by atoms with Crippen LogP contribution in [0.5, 0.6) is 11.5 Å². The van der Waals surface area contributed by atoms with Crippen LogP contribution in [0.4, 0.5) is 17.1 Å². The van der Waals surface area contributed by atoms with E-state index in [-0.39, 0.29) is 5.41 Å². The maximum atomic E-state index is 6.67. The van der Waals surface area contributed by atoms with Crippen molar-refractivity contribution in [3.05, 3.63) is 199 Å². The number of furan rings is 1. The quantitative estimate of drug-likeness (QED) is 0.176. The molecule has 1 aliphatic heterocycles. The summed E-state index contributed by atoms with van der Waals surface area (Å²) in [7, 11) is 0. The van der Waals surface area contributed by atoms with Gasteiger partial charge in [-0.25, -0.2) is 0 Å². The summed E-state index contributed by atoms with van der Waals surface area (Å²) in [6.45, 7) is 4.72. The fourth-order valence-electron chi connectivity index (χ4n) is 9.84. The maximum absolute atomic E-state index is 6.67. The molecule has 10 aromatic rings. The molecule has 0 spiro atoms. The Balaban J connectivity index is 1.01. The summed E-state index contributed by atoms with van der Waals surface area (Å²) in [4.78, 5) is 2.45. The van der Waals surface area contributed by atoms with Crippen LogP contribution in [0.2, 0.25) is 0 Å². The van der Waals surface area contributed by atoms with Crippen LogP contribution in [-0.4, -0.2) is 0 Å². The monoisotopic (exact) mass is 743 g/mol. The second-order valence-corrected chi connectivity index (χ2v) is 16.0. The van der Waals surface area contributed by atoms with Crippen molar-refractivity contribution in [1.29, 1.82) is 0 Å². The summed E-state index contributed by atoms with van der Waals surface area (Å²) in [6, 6.07) is 67.5. The van der Waals surface area contributed by atoms with Gasteiger partial charge in [-0.2, -0.15) is 0 Å². The second kappa shape index (κ2) is 12.3. The molecule has 0 radical (unpaired) electrons. The van der Waals surface area contributed by atoms with Crippen molar-refractivity contribution in [3.8, 4) is 56.0 Å². The van der Waals surface area contributed by atoms with Crippen molar-refractivity contribution >= 4 is 49.8 Å². The van der Waals surface area contributed by atoms with Gasteiger partial charge in [0.2, 0.25) is 0 Å². The number of rotatable bonds is 5. The Kier molecular flexibility index (Phi) is 6.98. The standard InChI is InChI=1S/C55H37NO2/c1-55(2)45-20-8-6-15-39(45)43-19-11-22-47(54(43)55)56(46-21-12-24-49-53(46)44-16-7-9-23-48(44)57-49)37-28-25-35(26-29-37)38-31-32-50-52-41(38)17-10-18-42(52)40-30-27-36(33-51(40)58-50)34-13-4-3-5-14-34/h3-33H,1-2H3. The molecule has 1 aliphatic carbocycles. The predicted octanol–water partition coefficient (Wildman–Crippen LogP) is 15.6. The van der Waals surface area contributed by atoms with Crippen LogP contribution in [0.1, 0.15) is 25.0 Å². The molecule has 58 heavy (non-hydrogen) atoms. The highest BCUT2D eigenvalue weighted by Gasteiger charge is 2.39. The average molecular weight is 744 g/mol. The Labute approximate surface area is 337 Å². The van der Waals surface area contributed by atoms with E-state index in [1.807, 2.05) is 12.1 Å². The summed E-state index contributed by atoms with van der Waals surface area (Å²) in [5.74, 6) is 1.77. The molecule has 3 heteroatoms. The molecule has 2 aliphatic rings. The number of ether oxygens (including phenoxy) is 1. The van der Waals surface area contributed by atoms with Gasteiger partial charge in [0.15, 0.2) is 0 Å². The third kappa shape index (κ3) is 4.74. The minimum atomic E-state index is -0.208. The van der Waals surface area contributed by atoms with E-state index in [4.69, 9.17) is 9.15 Å². The van der Waals surface area contributed by atoms with Gasteiger partial charge in [0.1, 0.15) is 22.7 Å². The summed E-state index contributed by atoms with van der Waals surface area (Å²) >= 11 is 0. The first-order valence-corrected chi connectivity index (χ1v) is 20.0. The Morgan fingerprint density at radius 2 is 1.09 bits per heavy atom. The molecule has 0 saturated carbocycles. The van der Waals surface area contributed by atoms with Crippen LogP contribution in [-0.2, 0) is 5.41 Å². The molecular formula is C55H37NO2. The van der Waals surface area contributed by atoms with E-state index in [1.165, 1.54) is 44.3 Å². The van der Waals surface area contributed by atoms with Gasteiger partial charge in [0, 0.05) is 27.4 Å². The first kappa shape index (κ1) is 32.8. The van der Waals surface area contributed by atoms with E-state index >= 15 is 0 Å². The van der Waals surface area contributed by atoms with Crippen LogP contribution in [0.25, 0.3) is 77.2 Å². The molecular weight excluding hydrogens is 707 g/mol. The van der Waals surface area contributed by atoms with Gasteiger partial charge in [-0.05, 0) is 110 Å². The molecule has 3 nitrogen and oxygen atoms in total. The van der Waals surface area contributed by atoms with Crippen LogP contribution >= 0.6 is 0 Å². The summed E-state index contributed by atoms with van der Waals surface area (Å²) < 4.78 is 13.1. The second-order valence-electron chi connectivity index (χ2n) is 16.0. The van der Waals surface area contributed by atoms with E-state index in [2.05, 4.69) is 195 Å². The van der Waals surface area contributed by atoms with Gasteiger partial charge in [0.25, 0.3) is 0 Å². The Morgan fingerprint density at radius 3 is 1.98 bits per heavy atom. The molecule has 12 rings (SSSR count). The average Bonchev–Trinajstić information content (AvgIpc) is 3.77. The van der Waals surface area contributed by atoms with Gasteiger partial charge >= 0.3 is 0 Å². The Morgan fingerprint density at radius 1 is 0.414 bits per heavy atom. The van der Waals surface area contributed by atoms with Crippen molar-refractivity contribution in [2.75, 3.05) is 4.90 Å². The fraction of sp³-hybridized carbons (Fsp3) is 0.0545. The summed E-state index contributed by atoms with van der Waals surface area (Å²) in [6.07, 6.45) is 0. The lowest BCUT2D eigenvalue weighted by molar-refractivity contribution is 0.487. The largest absolute Gasteiger partial charge is 0.456 e. The van der Waals surface area contributed by atoms with Gasteiger partial charge in [-0.3, -0.25) is 0 Å². The predicted molar refractivity (Wildman–Crippen MR) is 240 cm³/mol. The van der Waals surface area contributed by atoms with E-state index in [0.717, 1.165) is 72.6 Å². The zero-order valence-electron chi connectivity index (χ0n) is 32.2. The molecule has 1 aromatic heterocycles. The van der Waals surface area contributed by atoms with E-state index in [0.29, 0.717) is 0 Å². The van der Waals surface area contributed by atoms with E-state index < -0.39 is 0 Å². The molecule has 0 bridgehead atoms. The molecule has 274 valence electrons. The Hall–Kier alpha value is -7.36. The van der Waals surface area contributed by atoms with Gasteiger partial charge < -0.3 is 14.1 Å². The first-order valence-electron chi connectivity index (χ1n) is 20.0. The van der Waals surface area contributed by atoms with Crippen LogP contribution < -0.4 is 9.64 Å². The molecule has 0 amide bonds. The van der Waals surface area contributed by atoms with Crippen LogP contribution in [0.15, 0.2) is 192 Å². The maximum Gasteiger partial charge on any atom is 0.137 e. The number of fused-ring (bicyclic) bond motifs is 8. The first-order chi connectivity index (χ1) is 28.5. The van der Waals surface area contributed by atoms with Crippen LogP contribution in [0, 0.1) is 0 Å². The highest BCUT2D eigenvalue weighted by molar-refractivity contribution is 6.14. The third-order valence-electron chi connectivity index (χ3n) is 12.5. The van der Waals surface area contributed by atoms with Crippen molar-refractivity contribution in [3.63, 3.8) is 0 Å². The number of hydrogen-bond donors (Lipinski definition) is 0. The number of para-hydroxylation sites is 1. The Bertz CT molecular complexity index is 3280. The lowest BCUT2D eigenvalue weighted by Gasteiger charge is -2.32. The molecule has 0 fully saturated rings. The smallest absolute Gasteiger partial charge is 0.137 e. The molecule has 2 heterocycles. The third-order valence-corrected chi connectivity index (χ3v) is 12.5. The zero-order valence-corrected chi connectivity index (χ0v) is 32.2. The highest BCUT2D eigenvalue weighted by atomic mass is 16.5. The molecule has 0 saturated heterocycles. The van der Waals surface area contributed by atoms with Gasteiger partial charge in [-0.15, -0.1) is 0 Å². The molecule has 0 atom stereocenters.